The molecule has 0 amide bonds. The van der Waals surface area contributed by atoms with Crippen LogP contribution in [0.1, 0.15) is 18.5 Å². The highest BCUT2D eigenvalue weighted by molar-refractivity contribution is 5.36. The lowest BCUT2D eigenvalue weighted by molar-refractivity contribution is 0.0486. The van der Waals surface area contributed by atoms with E-state index in [9.17, 15) is 4.39 Å². The highest BCUT2D eigenvalue weighted by Crippen LogP contribution is 2.27. The Morgan fingerprint density at radius 2 is 2.27 bits per heavy atom. The number of halogens is 1. The predicted molar refractivity (Wildman–Crippen MR) is 53.9 cm³/mol. The van der Waals surface area contributed by atoms with E-state index in [4.69, 9.17) is 5.11 Å². The van der Waals surface area contributed by atoms with Crippen LogP contribution in [-0.4, -0.2) is 27.7 Å². The monoisotopic (exact) mass is 211 g/mol. The maximum Gasteiger partial charge on any atom is 0.186 e. The maximum absolute atomic E-state index is 13.4. The average molecular weight is 211 g/mol. The molecule has 0 unspecified atom stereocenters. The number of aromatic nitrogens is 2. The van der Waals surface area contributed by atoms with Crippen LogP contribution in [0, 0.1) is 18.7 Å². The highest BCUT2D eigenvalue weighted by atomic mass is 19.1. The third-order valence-electron chi connectivity index (χ3n) is 2.73. The fourth-order valence-corrected chi connectivity index (χ4v) is 1.69. The minimum absolute atomic E-state index is 0.172. The van der Waals surface area contributed by atoms with Crippen molar-refractivity contribution in [3.63, 3.8) is 0 Å². The number of nitrogens with zero attached hydrogens (tertiary/aromatic N) is 2. The normalized spacial score (nSPS) is 24.7. The zero-order valence-corrected chi connectivity index (χ0v) is 8.57. The molecule has 1 fully saturated rings. The molecule has 0 spiro atoms. The van der Waals surface area contributed by atoms with Crippen LogP contribution in [0.2, 0.25) is 0 Å². The van der Waals surface area contributed by atoms with Gasteiger partial charge in [-0.05, 0) is 25.7 Å². The minimum Gasteiger partial charge on any atom is -0.393 e. The Morgan fingerprint density at radius 1 is 1.53 bits per heavy atom. The van der Waals surface area contributed by atoms with Gasteiger partial charge in [0.15, 0.2) is 11.6 Å². The lowest BCUT2D eigenvalue weighted by Crippen LogP contribution is -2.33. The maximum atomic E-state index is 13.4. The molecule has 1 heterocycles. The predicted octanol–water partition coefficient (Wildman–Crippen LogP) is 1.11. The summed E-state index contributed by atoms with van der Waals surface area (Å²) >= 11 is 0. The van der Waals surface area contributed by atoms with Gasteiger partial charge < -0.3 is 10.4 Å². The van der Waals surface area contributed by atoms with Gasteiger partial charge in [0.25, 0.3) is 0 Å². The quantitative estimate of drug-likeness (QED) is 0.786. The van der Waals surface area contributed by atoms with Crippen molar-refractivity contribution >= 4 is 5.82 Å². The summed E-state index contributed by atoms with van der Waals surface area (Å²) in [6.07, 6.45) is 2.75. The van der Waals surface area contributed by atoms with E-state index in [1.807, 2.05) is 0 Å². The summed E-state index contributed by atoms with van der Waals surface area (Å²) in [5.74, 6) is 0.288. The summed E-state index contributed by atoms with van der Waals surface area (Å²) in [5.41, 5.74) is 0.348. The summed E-state index contributed by atoms with van der Waals surface area (Å²) in [6, 6.07) is 0. The molecule has 0 aliphatic heterocycles. The van der Waals surface area contributed by atoms with Crippen molar-refractivity contribution in [3.05, 3.63) is 17.8 Å². The van der Waals surface area contributed by atoms with E-state index in [0.29, 0.717) is 18.2 Å². The van der Waals surface area contributed by atoms with Gasteiger partial charge in [0, 0.05) is 6.54 Å². The van der Waals surface area contributed by atoms with Gasteiger partial charge in [0.2, 0.25) is 0 Å². The van der Waals surface area contributed by atoms with E-state index in [1.165, 1.54) is 6.33 Å². The number of aliphatic hydroxyl groups excluding tert-OH is 1. The number of rotatable bonds is 3. The Balaban J connectivity index is 1.91. The molecule has 1 aliphatic carbocycles. The topological polar surface area (TPSA) is 58.0 Å². The molecule has 2 rings (SSSR count). The smallest absolute Gasteiger partial charge is 0.186 e. The average Bonchev–Trinajstić information content (AvgIpc) is 2.17. The van der Waals surface area contributed by atoms with Crippen LogP contribution in [0.25, 0.3) is 0 Å². The van der Waals surface area contributed by atoms with E-state index in [2.05, 4.69) is 15.3 Å². The van der Waals surface area contributed by atoms with Gasteiger partial charge in [-0.1, -0.05) is 0 Å². The Kier molecular flexibility index (Phi) is 2.81. The van der Waals surface area contributed by atoms with Crippen molar-refractivity contribution in [1.29, 1.82) is 0 Å². The van der Waals surface area contributed by atoms with Gasteiger partial charge in [-0.15, -0.1) is 0 Å². The Morgan fingerprint density at radius 3 is 2.93 bits per heavy atom. The van der Waals surface area contributed by atoms with Crippen LogP contribution in [0.5, 0.6) is 0 Å². The number of nitrogens with one attached hydrogen (secondary N) is 1. The summed E-state index contributed by atoms with van der Waals surface area (Å²) in [6.45, 7) is 2.26. The first-order valence-electron chi connectivity index (χ1n) is 5.06. The second-order valence-electron chi connectivity index (χ2n) is 3.99. The van der Waals surface area contributed by atoms with Gasteiger partial charge in [0.05, 0.1) is 11.8 Å². The van der Waals surface area contributed by atoms with E-state index >= 15 is 0 Å². The Bertz CT molecular complexity index is 353. The molecule has 2 N–H and O–H groups in total. The molecule has 0 saturated heterocycles. The Hall–Kier alpha value is -1.23. The number of aryl methyl sites for hydroxylation is 1. The van der Waals surface area contributed by atoms with Gasteiger partial charge in [-0.25, -0.2) is 14.4 Å². The summed E-state index contributed by atoms with van der Waals surface area (Å²) < 4.78 is 13.4. The van der Waals surface area contributed by atoms with Gasteiger partial charge in [-0.2, -0.15) is 0 Å². The SMILES string of the molecule is Cc1ncnc(NCC2CC(O)C2)c1F. The summed E-state index contributed by atoms with van der Waals surface area (Å²) in [7, 11) is 0. The third kappa shape index (κ3) is 2.23. The fourth-order valence-electron chi connectivity index (χ4n) is 1.69. The third-order valence-corrected chi connectivity index (χ3v) is 2.73. The molecular formula is C10H14FN3O. The molecule has 1 aromatic heterocycles. The zero-order valence-electron chi connectivity index (χ0n) is 8.57. The first-order chi connectivity index (χ1) is 7.16. The molecule has 4 nitrogen and oxygen atoms in total. The van der Waals surface area contributed by atoms with Crippen molar-refractivity contribution in [2.24, 2.45) is 5.92 Å². The van der Waals surface area contributed by atoms with Crippen LogP contribution in [0.4, 0.5) is 10.2 Å². The number of hydrogen-bond acceptors (Lipinski definition) is 4. The fraction of sp³-hybridized carbons (Fsp3) is 0.600. The van der Waals surface area contributed by atoms with Crippen LogP contribution in [0.15, 0.2) is 6.33 Å². The lowest BCUT2D eigenvalue weighted by atomic mass is 9.82. The van der Waals surface area contributed by atoms with Gasteiger partial charge in [0.1, 0.15) is 6.33 Å². The van der Waals surface area contributed by atoms with Crippen molar-refractivity contribution in [2.45, 2.75) is 25.9 Å². The summed E-state index contributed by atoms with van der Waals surface area (Å²) in [4.78, 5) is 7.58. The zero-order chi connectivity index (χ0) is 10.8. The standard InChI is InChI=1S/C10H14FN3O/c1-6-9(11)10(14-5-13-6)12-4-7-2-8(15)3-7/h5,7-8,15H,2-4H2,1H3,(H,12,13,14). The van der Waals surface area contributed by atoms with Crippen molar-refractivity contribution < 1.29 is 9.50 Å². The van der Waals surface area contributed by atoms with E-state index in [-0.39, 0.29) is 11.9 Å². The highest BCUT2D eigenvalue weighted by Gasteiger charge is 2.27. The van der Waals surface area contributed by atoms with E-state index in [0.717, 1.165) is 12.8 Å². The van der Waals surface area contributed by atoms with Gasteiger partial charge in [-0.3, -0.25) is 0 Å². The van der Waals surface area contributed by atoms with E-state index < -0.39 is 5.82 Å². The van der Waals surface area contributed by atoms with Crippen LogP contribution < -0.4 is 5.32 Å². The summed E-state index contributed by atoms with van der Waals surface area (Å²) in [5, 5.41) is 12.0. The molecule has 0 radical (unpaired) electrons. The number of anilines is 1. The largest absolute Gasteiger partial charge is 0.393 e. The molecule has 1 aromatic rings. The second kappa shape index (κ2) is 4.10. The molecule has 82 valence electrons. The molecule has 0 bridgehead atoms. The van der Waals surface area contributed by atoms with Crippen LogP contribution in [0.3, 0.4) is 0 Å². The first kappa shape index (κ1) is 10.3. The molecule has 5 heteroatoms. The molecule has 0 aromatic carbocycles. The molecule has 1 aliphatic rings. The second-order valence-corrected chi connectivity index (χ2v) is 3.99. The molecular weight excluding hydrogens is 197 g/mol. The minimum atomic E-state index is -0.391. The van der Waals surface area contributed by atoms with E-state index in [1.54, 1.807) is 6.92 Å². The van der Waals surface area contributed by atoms with Gasteiger partial charge >= 0.3 is 0 Å². The molecule has 15 heavy (non-hydrogen) atoms. The number of hydrogen-bond donors (Lipinski definition) is 2. The first-order valence-corrected chi connectivity index (χ1v) is 5.06. The molecule has 0 atom stereocenters. The molecule has 1 saturated carbocycles. The van der Waals surface area contributed by atoms with Crippen LogP contribution >= 0.6 is 0 Å². The Labute approximate surface area is 87.6 Å². The van der Waals surface area contributed by atoms with Crippen molar-refractivity contribution in [3.8, 4) is 0 Å². The lowest BCUT2D eigenvalue weighted by Gasteiger charge is -2.31. The van der Waals surface area contributed by atoms with Crippen LogP contribution in [-0.2, 0) is 0 Å². The van der Waals surface area contributed by atoms with Crippen molar-refractivity contribution in [1.82, 2.24) is 9.97 Å². The van der Waals surface area contributed by atoms with Crippen molar-refractivity contribution in [2.75, 3.05) is 11.9 Å². The number of aliphatic hydroxyl groups is 1.